The zero-order valence-corrected chi connectivity index (χ0v) is 30.1. The Labute approximate surface area is 322 Å². The van der Waals surface area contributed by atoms with E-state index < -0.39 is 0 Å². The first-order valence-electron chi connectivity index (χ1n) is 18.7. The standard InChI is InChI=1S/C51H31N3O2/c1-4-13-32(14-5-1)35-19-12-20-37(27-35)50-52-49(34-17-8-3-9-18-34)53-51(54-50)38-23-25-40-43-28-36(24-26-45(43)55-46(40)30-38)42-29-39(33-15-6-2-7-16-33)31-47-48(42)41-21-10-11-22-44(41)56-47/h1-31H. The number of fused-ring (bicyclic) bond motifs is 6. The molecule has 0 saturated carbocycles. The van der Waals surface area contributed by atoms with Crippen LogP contribution in [0.25, 0.3) is 111 Å². The zero-order valence-electron chi connectivity index (χ0n) is 30.1. The highest BCUT2D eigenvalue weighted by Crippen LogP contribution is 2.42. The van der Waals surface area contributed by atoms with Crippen molar-refractivity contribution in [2.45, 2.75) is 0 Å². The van der Waals surface area contributed by atoms with Crippen LogP contribution < -0.4 is 0 Å². The molecule has 0 N–H and O–H groups in total. The van der Waals surface area contributed by atoms with E-state index in [1.54, 1.807) is 0 Å². The van der Waals surface area contributed by atoms with Gasteiger partial charge in [-0.25, -0.2) is 15.0 Å². The van der Waals surface area contributed by atoms with Crippen LogP contribution in [0.2, 0.25) is 0 Å². The molecule has 5 nitrogen and oxygen atoms in total. The second-order valence-corrected chi connectivity index (χ2v) is 14.0. The molecule has 11 aromatic rings. The average Bonchev–Trinajstić information content (AvgIpc) is 3.84. The Kier molecular flexibility index (Phi) is 7.42. The van der Waals surface area contributed by atoms with Gasteiger partial charge in [0, 0.05) is 38.2 Å². The van der Waals surface area contributed by atoms with Crippen molar-refractivity contribution in [3.8, 4) is 67.5 Å². The highest BCUT2D eigenvalue weighted by atomic mass is 16.3. The third-order valence-electron chi connectivity index (χ3n) is 10.5. The Hall–Kier alpha value is -7.63. The predicted molar refractivity (Wildman–Crippen MR) is 227 cm³/mol. The van der Waals surface area contributed by atoms with Crippen LogP contribution in [0, 0.1) is 0 Å². The summed E-state index contributed by atoms with van der Waals surface area (Å²) in [5, 5.41) is 4.25. The fourth-order valence-corrected chi connectivity index (χ4v) is 7.78. The molecule has 0 aliphatic heterocycles. The molecule has 11 rings (SSSR count). The number of benzene rings is 8. The quantitative estimate of drug-likeness (QED) is 0.171. The van der Waals surface area contributed by atoms with Crippen molar-refractivity contribution in [2.24, 2.45) is 0 Å². The smallest absolute Gasteiger partial charge is 0.164 e. The molecule has 56 heavy (non-hydrogen) atoms. The van der Waals surface area contributed by atoms with E-state index in [1.807, 2.05) is 60.7 Å². The molecule has 0 amide bonds. The fraction of sp³-hybridized carbons (Fsp3) is 0. The first-order chi connectivity index (χ1) is 27.7. The van der Waals surface area contributed by atoms with Gasteiger partial charge in [-0.2, -0.15) is 0 Å². The highest BCUT2D eigenvalue weighted by Gasteiger charge is 2.18. The molecule has 3 heterocycles. The predicted octanol–water partition coefficient (Wildman–Crippen LogP) is 13.7. The Morgan fingerprint density at radius 2 is 0.804 bits per heavy atom. The number of hydrogen-bond acceptors (Lipinski definition) is 5. The van der Waals surface area contributed by atoms with Crippen LogP contribution >= 0.6 is 0 Å². The maximum atomic E-state index is 6.55. The van der Waals surface area contributed by atoms with E-state index in [0.29, 0.717) is 17.5 Å². The minimum Gasteiger partial charge on any atom is -0.456 e. The van der Waals surface area contributed by atoms with Gasteiger partial charge in [0.25, 0.3) is 0 Å². The lowest BCUT2D eigenvalue weighted by molar-refractivity contribution is 0.669. The van der Waals surface area contributed by atoms with E-state index in [4.69, 9.17) is 23.8 Å². The van der Waals surface area contributed by atoms with Gasteiger partial charge in [-0.1, -0.05) is 140 Å². The van der Waals surface area contributed by atoms with Crippen LogP contribution in [0.1, 0.15) is 0 Å². The zero-order chi connectivity index (χ0) is 37.0. The van der Waals surface area contributed by atoms with E-state index in [0.717, 1.165) is 93.9 Å². The maximum Gasteiger partial charge on any atom is 0.164 e. The van der Waals surface area contributed by atoms with Crippen molar-refractivity contribution in [2.75, 3.05) is 0 Å². The number of hydrogen-bond donors (Lipinski definition) is 0. The number of aromatic nitrogens is 3. The van der Waals surface area contributed by atoms with Crippen LogP contribution in [-0.2, 0) is 0 Å². The van der Waals surface area contributed by atoms with Crippen LogP contribution in [-0.4, -0.2) is 15.0 Å². The van der Waals surface area contributed by atoms with Gasteiger partial charge in [-0.15, -0.1) is 0 Å². The van der Waals surface area contributed by atoms with Crippen LogP contribution in [0.5, 0.6) is 0 Å². The van der Waals surface area contributed by atoms with Gasteiger partial charge in [-0.05, 0) is 81.9 Å². The van der Waals surface area contributed by atoms with Crippen molar-refractivity contribution in [3.63, 3.8) is 0 Å². The van der Waals surface area contributed by atoms with Crippen molar-refractivity contribution >= 4 is 43.9 Å². The molecule has 3 aromatic heterocycles. The van der Waals surface area contributed by atoms with E-state index in [-0.39, 0.29) is 0 Å². The molecule has 0 aliphatic rings. The lowest BCUT2D eigenvalue weighted by Gasteiger charge is -2.10. The topological polar surface area (TPSA) is 65.0 Å². The maximum absolute atomic E-state index is 6.55. The summed E-state index contributed by atoms with van der Waals surface area (Å²) in [5.74, 6) is 1.80. The summed E-state index contributed by atoms with van der Waals surface area (Å²) in [6.07, 6.45) is 0. The monoisotopic (exact) mass is 717 g/mol. The Morgan fingerprint density at radius 1 is 0.268 bits per heavy atom. The Morgan fingerprint density at radius 3 is 1.55 bits per heavy atom. The third kappa shape index (κ3) is 5.53. The van der Waals surface area contributed by atoms with Gasteiger partial charge in [0.15, 0.2) is 17.5 Å². The van der Waals surface area contributed by atoms with Gasteiger partial charge in [0.1, 0.15) is 22.3 Å². The molecule has 262 valence electrons. The number of nitrogens with zero attached hydrogens (tertiary/aromatic N) is 3. The average molecular weight is 718 g/mol. The lowest BCUT2D eigenvalue weighted by Crippen LogP contribution is -2.00. The number of para-hydroxylation sites is 1. The van der Waals surface area contributed by atoms with E-state index in [2.05, 4.69) is 127 Å². The molecule has 5 heteroatoms. The Balaban J connectivity index is 1.04. The van der Waals surface area contributed by atoms with Gasteiger partial charge in [-0.3, -0.25) is 0 Å². The molecule has 0 aliphatic carbocycles. The molecule has 0 unspecified atom stereocenters. The molecule has 0 spiro atoms. The third-order valence-corrected chi connectivity index (χ3v) is 10.5. The lowest BCUT2D eigenvalue weighted by atomic mass is 9.93. The van der Waals surface area contributed by atoms with Crippen molar-refractivity contribution in [1.82, 2.24) is 15.0 Å². The highest BCUT2D eigenvalue weighted by molar-refractivity contribution is 6.15. The summed E-state index contributed by atoms with van der Waals surface area (Å²) in [6.45, 7) is 0. The normalized spacial score (nSPS) is 11.6. The van der Waals surface area contributed by atoms with E-state index in [1.165, 1.54) is 0 Å². The minimum atomic E-state index is 0.578. The first kappa shape index (κ1) is 31.9. The summed E-state index contributed by atoms with van der Waals surface area (Å²) in [4.78, 5) is 15.0. The second-order valence-electron chi connectivity index (χ2n) is 14.0. The van der Waals surface area contributed by atoms with Gasteiger partial charge in [0.2, 0.25) is 0 Å². The summed E-state index contributed by atoms with van der Waals surface area (Å²) in [7, 11) is 0. The molecular weight excluding hydrogens is 687 g/mol. The van der Waals surface area contributed by atoms with E-state index in [9.17, 15) is 0 Å². The summed E-state index contributed by atoms with van der Waals surface area (Å²) in [5.41, 5.74) is 12.7. The second kappa shape index (κ2) is 13.0. The van der Waals surface area contributed by atoms with Crippen molar-refractivity contribution < 1.29 is 8.83 Å². The summed E-state index contributed by atoms with van der Waals surface area (Å²) >= 11 is 0. The van der Waals surface area contributed by atoms with Gasteiger partial charge < -0.3 is 8.83 Å². The molecule has 0 atom stereocenters. The first-order valence-corrected chi connectivity index (χ1v) is 18.7. The van der Waals surface area contributed by atoms with E-state index >= 15 is 0 Å². The Bertz CT molecular complexity index is 3240. The molecule has 8 aromatic carbocycles. The van der Waals surface area contributed by atoms with Crippen LogP contribution in [0.4, 0.5) is 0 Å². The molecule has 0 radical (unpaired) electrons. The molecule has 0 bridgehead atoms. The SMILES string of the molecule is c1ccc(-c2cccc(-c3nc(-c4ccccc4)nc(-c4ccc5c(c4)oc4ccc(-c6cc(-c7ccccc7)cc7oc8ccccc8c67)cc45)n3)c2)cc1. The largest absolute Gasteiger partial charge is 0.456 e. The summed E-state index contributed by atoms with van der Waals surface area (Å²) < 4.78 is 13.0. The number of furan rings is 2. The van der Waals surface area contributed by atoms with Gasteiger partial charge >= 0.3 is 0 Å². The fourth-order valence-electron chi connectivity index (χ4n) is 7.78. The number of rotatable bonds is 6. The summed E-state index contributed by atoms with van der Waals surface area (Å²) in [6, 6.07) is 64.6. The van der Waals surface area contributed by atoms with Gasteiger partial charge in [0.05, 0.1) is 0 Å². The molecule has 0 saturated heterocycles. The van der Waals surface area contributed by atoms with Crippen LogP contribution in [0.15, 0.2) is 197 Å². The molecular formula is C51H31N3O2. The van der Waals surface area contributed by atoms with Crippen LogP contribution in [0.3, 0.4) is 0 Å². The molecule has 0 fully saturated rings. The minimum absolute atomic E-state index is 0.578. The van der Waals surface area contributed by atoms with Crippen molar-refractivity contribution in [1.29, 1.82) is 0 Å². The van der Waals surface area contributed by atoms with Crippen molar-refractivity contribution in [3.05, 3.63) is 188 Å².